The smallest absolute Gasteiger partial charge is 0.169 e. The van der Waals surface area contributed by atoms with Gasteiger partial charge in [0.15, 0.2) is 11.6 Å². The Bertz CT molecular complexity index is 542. The van der Waals surface area contributed by atoms with Crippen LogP contribution in [0.4, 0.5) is 15.9 Å². The van der Waals surface area contributed by atoms with Gasteiger partial charge in [-0.2, -0.15) is 0 Å². The van der Waals surface area contributed by atoms with Gasteiger partial charge in [0, 0.05) is 29.9 Å². The van der Waals surface area contributed by atoms with E-state index in [9.17, 15) is 4.39 Å². The van der Waals surface area contributed by atoms with Crippen LogP contribution in [0, 0.1) is 5.82 Å². The highest BCUT2D eigenvalue weighted by atomic mass is 79.9. The first-order chi connectivity index (χ1) is 8.61. The minimum absolute atomic E-state index is 0.290. The minimum atomic E-state index is -0.366. The van der Waals surface area contributed by atoms with Crippen molar-refractivity contribution in [1.82, 2.24) is 4.98 Å². The second-order valence-electron chi connectivity index (χ2n) is 3.89. The summed E-state index contributed by atoms with van der Waals surface area (Å²) < 4.78 is 14.4. The summed E-state index contributed by atoms with van der Waals surface area (Å²) >= 11 is 3.19. The molecule has 2 N–H and O–H groups in total. The molecule has 0 aliphatic carbocycles. The molecule has 0 atom stereocenters. The van der Waals surface area contributed by atoms with Crippen LogP contribution < -0.4 is 10.6 Å². The SMILES string of the molecule is CN(c1ccc(CN)cc1)c1ncc(Br)cc1F. The van der Waals surface area contributed by atoms with E-state index in [1.54, 1.807) is 18.1 Å². The third-order valence-corrected chi connectivity index (χ3v) is 3.10. The third-order valence-electron chi connectivity index (χ3n) is 2.67. The van der Waals surface area contributed by atoms with Gasteiger partial charge in [0.1, 0.15) is 0 Å². The molecule has 0 bridgehead atoms. The zero-order valence-electron chi connectivity index (χ0n) is 9.90. The Kier molecular flexibility index (Phi) is 3.93. The van der Waals surface area contributed by atoms with E-state index in [4.69, 9.17) is 5.73 Å². The Hall–Kier alpha value is -1.46. The lowest BCUT2D eigenvalue weighted by atomic mass is 10.2. The normalized spacial score (nSPS) is 10.4. The van der Waals surface area contributed by atoms with Gasteiger partial charge in [-0.15, -0.1) is 0 Å². The van der Waals surface area contributed by atoms with Gasteiger partial charge in [-0.3, -0.25) is 0 Å². The van der Waals surface area contributed by atoms with Crippen LogP contribution in [0.2, 0.25) is 0 Å². The fourth-order valence-corrected chi connectivity index (χ4v) is 1.94. The molecule has 2 rings (SSSR count). The molecule has 0 spiro atoms. The molecule has 0 aliphatic rings. The Balaban J connectivity index is 2.31. The number of aromatic nitrogens is 1. The summed E-state index contributed by atoms with van der Waals surface area (Å²) in [6.45, 7) is 0.495. The highest BCUT2D eigenvalue weighted by Crippen LogP contribution is 2.25. The van der Waals surface area contributed by atoms with E-state index in [1.165, 1.54) is 6.07 Å². The van der Waals surface area contributed by atoms with Crippen LogP contribution in [0.15, 0.2) is 41.0 Å². The molecule has 0 fully saturated rings. The van der Waals surface area contributed by atoms with Crippen molar-refractivity contribution in [3.8, 4) is 0 Å². The van der Waals surface area contributed by atoms with Crippen molar-refractivity contribution >= 4 is 27.4 Å². The van der Waals surface area contributed by atoms with Crippen LogP contribution in [0.5, 0.6) is 0 Å². The predicted molar refractivity (Wildman–Crippen MR) is 74.3 cm³/mol. The first-order valence-electron chi connectivity index (χ1n) is 5.45. The number of anilines is 2. The average molecular weight is 310 g/mol. The second kappa shape index (κ2) is 5.46. The molecule has 0 aliphatic heterocycles. The van der Waals surface area contributed by atoms with E-state index in [1.807, 2.05) is 24.3 Å². The highest BCUT2D eigenvalue weighted by Gasteiger charge is 2.11. The topological polar surface area (TPSA) is 42.1 Å². The number of benzene rings is 1. The maximum absolute atomic E-state index is 13.8. The quantitative estimate of drug-likeness (QED) is 0.946. The van der Waals surface area contributed by atoms with Gasteiger partial charge in [-0.1, -0.05) is 12.1 Å². The van der Waals surface area contributed by atoms with Crippen LogP contribution in [0.25, 0.3) is 0 Å². The molecule has 0 amide bonds. The van der Waals surface area contributed by atoms with E-state index in [0.29, 0.717) is 16.8 Å². The summed E-state index contributed by atoms with van der Waals surface area (Å²) in [7, 11) is 1.77. The second-order valence-corrected chi connectivity index (χ2v) is 4.80. The largest absolute Gasteiger partial charge is 0.327 e. The molecular formula is C13H13BrFN3. The molecule has 1 heterocycles. The fraction of sp³-hybridized carbons (Fsp3) is 0.154. The minimum Gasteiger partial charge on any atom is -0.327 e. The lowest BCUT2D eigenvalue weighted by Gasteiger charge is -2.19. The van der Waals surface area contributed by atoms with Crippen molar-refractivity contribution in [2.75, 3.05) is 11.9 Å². The van der Waals surface area contributed by atoms with Crippen LogP contribution in [0.1, 0.15) is 5.56 Å². The summed E-state index contributed by atoms with van der Waals surface area (Å²) in [5.41, 5.74) is 7.44. The van der Waals surface area contributed by atoms with E-state index >= 15 is 0 Å². The monoisotopic (exact) mass is 309 g/mol. The van der Waals surface area contributed by atoms with Crippen molar-refractivity contribution in [1.29, 1.82) is 0 Å². The van der Waals surface area contributed by atoms with Crippen molar-refractivity contribution in [3.63, 3.8) is 0 Å². The number of hydrogen-bond donors (Lipinski definition) is 1. The molecule has 0 unspecified atom stereocenters. The van der Waals surface area contributed by atoms with Crippen molar-refractivity contribution in [3.05, 3.63) is 52.4 Å². The molecule has 2 aromatic rings. The number of hydrogen-bond acceptors (Lipinski definition) is 3. The maximum Gasteiger partial charge on any atom is 0.169 e. The molecule has 0 saturated carbocycles. The standard InChI is InChI=1S/C13H13BrFN3/c1-18(11-4-2-9(7-16)3-5-11)13-12(15)6-10(14)8-17-13/h2-6,8H,7,16H2,1H3. The average Bonchev–Trinajstić information content (AvgIpc) is 2.38. The lowest BCUT2D eigenvalue weighted by molar-refractivity contribution is 0.620. The molecule has 18 heavy (non-hydrogen) atoms. The van der Waals surface area contributed by atoms with Crippen LogP contribution in [-0.4, -0.2) is 12.0 Å². The van der Waals surface area contributed by atoms with Crippen molar-refractivity contribution in [2.24, 2.45) is 5.73 Å². The van der Waals surface area contributed by atoms with Crippen LogP contribution in [0.3, 0.4) is 0 Å². The van der Waals surface area contributed by atoms with Gasteiger partial charge in [0.25, 0.3) is 0 Å². The number of halogens is 2. The van der Waals surface area contributed by atoms with Gasteiger partial charge in [-0.25, -0.2) is 9.37 Å². The van der Waals surface area contributed by atoms with E-state index in [0.717, 1.165) is 11.3 Å². The van der Waals surface area contributed by atoms with Gasteiger partial charge < -0.3 is 10.6 Å². The highest BCUT2D eigenvalue weighted by molar-refractivity contribution is 9.10. The predicted octanol–water partition coefficient (Wildman–Crippen LogP) is 3.21. The fourth-order valence-electron chi connectivity index (χ4n) is 1.63. The lowest BCUT2D eigenvalue weighted by Crippen LogP contribution is -2.13. The molecule has 5 heteroatoms. The van der Waals surface area contributed by atoms with Crippen LogP contribution >= 0.6 is 15.9 Å². The Morgan fingerprint density at radius 2 is 2.00 bits per heavy atom. The van der Waals surface area contributed by atoms with E-state index in [2.05, 4.69) is 20.9 Å². The first-order valence-corrected chi connectivity index (χ1v) is 6.25. The molecule has 1 aromatic heterocycles. The third kappa shape index (κ3) is 2.68. The first kappa shape index (κ1) is 13.0. The van der Waals surface area contributed by atoms with E-state index in [-0.39, 0.29) is 5.82 Å². The summed E-state index contributed by atoms with van der Waals surface area (Å²) in [6, 6.07) is 9.02. The van der Waals surface area contributed by atoms with Gasteiger partial charge in [0.2, 0.25) is 0 Å². The molecule has 1 aromatic carbocycles. The van der Waals surface area contributed by atoms with Crippen molar-refractivity contribution in [2.45, 2.75) is 6.54 Å². The number of rotatable bonds is 3. The van der Waals surface area contributed by atoms with Crippen LogP contribution in [-0.2, 0) is 6.54 Å². The zero-order chi connectivity index (χ0) is 13.1. The zero-order valence-corrected chi connectivity index (χ0v) is 11.5. The number of nitrogens with two attached hydrogens (primary N) is 1. The van der Waals surface area contributed by atoms with Crippen molar-refractivity contribution < 1.29 is 4.39 Å². The number of nitrogens with zero attached hydrogens (tertiary/aromatic N) is 2. The Morgan fingerprint density at radius 1 is 1.33 bits per heavy atom. The van der Waals surface area contributed by atoms with Gasteiger partial charge >= 0.3 is 0 Å². The Morgan fingerprint density at radius 3 is 2.56 bits per heavy atom. The maximum atomic E-state index is 13.8. The summed E-state index contributed by atoms with van der Waals surface area (Å²) in [4.78, 5) is 5.77. The molecule has 94 valence electrons. The molecule has 0 radical (unpaired) electrons. The molecule has 0 saturated heterocycles. The summed E-state index contributed by atoms with van der Waals surface area (Å²) in [6.07, 6.45) is 1.57. The molecule has 3 nitrogen and oxygen atoms in total. The molecular weight excluding hydrogens is 297 g/mol. The van der Waals surface area contributed by atoms with E-state index < -0.39 is 0 Å². The Labute approximate surface area is 114 Å². The summed E-state index contributed by atoms with van der Waals surface area (Å²) in [5.74, 6) is -0.0755. The van der Waals surface area contributed by atoms with Gasteiger partial charge in [0.05, 0.1) is 0 Å². The number of pyridine rings is 1. The summed E-state index contributed by atoms with van der Waals surface area (Å²) in [5, 5.41) is 0. The van der Waals surface area contributed by atoms with Gasteiger partial charge in [-0.05, 0) is 39.7 Å².